The second-order valence-corrected chi connectivity index (χ2v) is 8.86. The van der Waals surface area contributed by atoms with Crippen LogP contribution in [0.25, 0.3) is 0 Å². The normalized spacial score (nSPS) is 16.6. The molecule has 210 valence electrons. The van der Waals surface area contributed by atoms with Crippen LogP contribution in [0.15, 0.2) is 103 Å². The number of cyclic esters (lactones) is 1. The number of halogens is 3. The second kappa shape index (κ2) is 18.7. The maximum atomic E-state index is 12.9. The van der Waals surface area contributed by atoms with E-state index in [0.717, 1.165) is 63.1 Å². The number of hydrogen-bond donors (Lipinski definition) is 0. The van der Waals surface area contributed by atoms with E-state index in [-0.39, 0.29) is 11.3 Å². The highest BCUT2D eigenvalue weighted by Gasteiger charge is 2.34. The number of alkyl halides is 3. The van der Waals surface area contributed by atoms with Crippen molar-refractivity contribution in [3.63, 3.8) is 0 Å². The van der Waals surface area contributed by atoms with Crippen molar-refractivity contribution in [3.05, 3.63) is 114 Å². The van der Waals surface area contributed by atoms with Crippen molar-refractivity contribution in [2.24, 2.45) is 0 Å². The molecule has 1 aliphatic heterocycles. The van der Waals surface area contributed by atoms with Crippen molar-refractivity contribution in [1.82, 2.24) is 0 Å². The molecule has 0 aromatic heterocycles. The summed E-state index contributed by atoms with van der Waals surface area (Å²) in [6.45, 7) is 2.14. The average Bonchev–Trinajstić information content (AvgIpc) is 2.90. The lowest BCUT2D eigenvalue weighted by Crippen LogP contribution is -2.30. The van der Waals surface area contributed by atoms with Gasteiger partial charge in [-0.3, -0.25) is 0 Å². The Kier molecular flexibility index (Phi) is 15.2. The van der Waals surface area contributed by atoms with Gasteiger partial charge in [0.15, 0.2) is 0 Å². The summed E-state index contributed by atoms with van der Waals surface area (Å²) < 4.78 is 49.4. The van der Waals surface area contributed by atoms with Crippen molar-refractivity contribution in [2.75, 3.05) is 0 Å². The van der Waals surface area contributed by atoms with E-state index in [2.05, 4.69) is 79.8 Å². The van der Waals surface area contributed by atoms with Crippen LogP contribution < -0.4 is 4.74 Å². The minimum absolute atomic E-state index is 0.00689. The number of fused-ring (bicyclic) bond motifs is 1. The number of carbonyl (C=O) groups excluding carboxylic acids is 1. The van der Waals surface area contributed by atoms with Crippen LogP contribution in [0.2, 0.25) is 0 Å². The van der Waals surface area contributed by atoms with Crippen LogP contribution in [-0.2, 0) is 10.9 Å². The number of carbonyl (C=O) groups is 1. The van der Waals surface area contributed by atoms with E-state index < -0.39 is 24.0 Å². The molecule has 39 heavy (non-hydrogen) atoms. The molecule has 0 bridgehead atoms. The zero-order chi connectivity index (χ0) is 28.2. The lowest BCUT2D eigenvalue weighted by atomic mass is 10.1. The monoisotopic (exact) mass is 540 g/mol. The molecule has 0 radical (unpaired) electrons. The van der Waals surface area contributed by atoms with Gasteiger partial charge in [0.2, 0.25) is 6.29 Å². The molecule has 0 saturated carbocycles. The molecule has 6 heteroatoms. The predicted molar refractivity (Wildman–Crippen MR) is 152 cm³/mol. The fourth-order valence-corrected chi connectivity index (χ4v) is 3.57. The summed E-state index contributed by atoms with van der Waals surface area (Å²) in [5.41, 5.74) is -0.849. The molecule has 1 heterocycles. The van der Waals surface area contributed by atoms with Crippen LogP contribution in [0.4, 0.5) is 13.2 Å². The number of ether oxygens (including phenoxy) is 2. The zero-order valence-corrected chi connectivity index (χ0v) is 22.6. The summed E-state index contributed by atoms with van der Waals surface area (Å²) >= 11 is 0. The minimum Gasteiger partial charge on any atom is -0.454 e. The van der Waals surface area contributed by atoms with Crippen LogP contribution in [-0.4, -0.2) is 12.3 Å². The third kappa shape index (κ3) is 13.7. The van der Waals surface area contributed by atoms with Crippen molar-refractivity contribution < 1.29 is 27.4 Å². The third-order valence-electron chi connectivity index (χ3n) is 5.63. The van der Waals surface area contributed by atoms with Gasteiger partial charge in [0.1, 0.15) is 11.3 Å². The van der Waals surface area contributed by atoms with E-state index in [4.69, 9.17) is 9.47 Å². The first-order valence-electron chi connectivity index (χ1n) is 13.6. The molecule has 0 fully saturated rings. The van der Waals surface area contributed by atoms with E-state index in [9.17, 15) is 18.0 Å². The van der Waals surface area contributed by atoms with E-state index in [0.29, 0.717) is 12.8 Å². The third-order valence-corrected chi connectivity index (χ3v) is 5.63. The van der Waals surface area contributed by atoms with Crippen molar-refractivity contribution >= 4 is 5.97 Å². The van der Waals surface area contributed by atoms with Crippen LogP contribution in [0, 0.1) is 0 Å². The van der Waals surface area contributed by atoms with E-state index in [1.165, 1.54) is 0 Å². The SMILES string of the molecule is CC/C=C\C/C=C\C/C=C\C/C=C\C/C=C\C/C=C\C/C=C\CCC1OC(=O)c2ccc(C(F)(F)F)cc2O1. The van der Waals surface area contributed by atoms with Gasteiger partial charge < -0.3 is 9.47 Å². The van der Waals surface area contributed by atoms with Gasteiger partial charge in [0.25, 0.3) is 0 Å². The molecule has 0 saturated heterocycles. The smallest absolute Gasteiger partial charge is 0.416 e. The number of benzene rings is 1. The molecule has 1 aromatic carbocycles. The van der Waals surface area contributed by atoms with Crippen LogP contribution in [0.5, 0.6) is 5.75 Å². The quantitative estimate of drug-likeness (QED) is 0.155. The molecule has 1 unspecified atom stereocenters. The summed E-state index contributed by atoms with van der Waals surface area (Å²) in [5.74, 6) is -0.759. The molecule has 0 N–H and O–H groups in total. The first-order chi connectivity index (χ1) is 18.9. The molecule has 0 amide bonds. The van der Waals surface area contributed by atoms with Gasteiger partial charge in [-0.1, -0.05) is 92.0 Å². The van der Waals surface area contributed by atoms with Gasteiger partial charge in [-0.2, -0.15) is 13.2 Å². The summed E-state index contributed by atoms with van der Waals surface area (Å²) in [6.07, 6.45) is 32.0. The van der Waals surface area contributed by atoms with Gasteiger partial charge >= 0.3 is 12.1 Å². The molecule has 1 aromatic rings. The Balaban J connectivity index is 1.53. The predicted octanol–water partition coefficient (Wildman–Crippen LogP) is 10.0. The first-order valence-corrected chi connectivity index (χ1v) is 13.6. The number of rotatable bonds is 16. The Morgan fingerprint density at radius 1 is 0.692 bits per heavy atom. The molecular formula is C33H39F3O3. The highest BCUT2D eigenvalue weighted by molar-refractivity contribution is 5.93. The van der Waals surface area contributed by atoms with E-state index in [1.54, 1.807) is 0 Å². The van der Waals surface area contributed by atoms with Crippen molar-refractivity contribution in [3.8, 4) is 5.75 Å². The maximum absolute atomic E-state index is 12.9. The van der Waals surface area contributed by atoms with Crippen molar-refractivity contribution in [1.29, 1.82) is 0 Å². The molecule has 1 aliphatic rings. The Hall–Kier alpha value is -3.54. The van der Waals surface area contributed by atoms with Crippen LogP contribution >= 0.6 is 0 Å². The minimum atomic E-state index is -4.50. The largest absolute Gasteiger partial charge is 0.454 e. The summed E-state index contributed by atoms with van der Waals surface area (Å²) in [7, 11) is 0. The van der Waals surface area contributed by atoms with Gasteiger partial charge in [0.05, 0.1) is 5.56 Å². The zero-order valence-electron chi connectivity index (χ0n) is 22.6. The topological polar surface area (TPSA) is 35.5 Å². The van der Waals surface area contributed by atoms with Crippen LogP contribution in [0.1, 0.15) is 80.6 Å². The van der Waals surface area contributed by atoms with Crippen LogP contribution in [0.3, 0.4) is 0 Å². The van der Waals surface area contributed by atoms with Gasteiger partial charge in [-0.25, -0.2) is 4.79 Å². The summed E-state index contributed by atoms with van der Waals surface area (Å²) in [6, 6.07) is 2.78. The van der Waals surface area contributed by atoms with Crippen molar-refractivity contribution in [2.45, 2.75) is 77.2 Å². The average molecular weight is 541 g/mol. The second-order valence-electron chi connectivity index (χ2n) is 8.86. The fourth-order valence-electron chi connectivity index (χ4n) is 3.57. The van der Waals surface area contributed by atoms with Gasteiger partial charge in [-0.05, 0) is 69.6 Å². The fraction of sp³-hybridized carbons (Fsp3) is 0.364. The highest BCUT2D eigenvalue weighted by Crippen LogP contribution is 2.35. The molecule has 3 nitrogen and oxygen atoms in total. The summed E-state index contributed by atoms with van der Waals surface area (Å²) in [4.78, 5) is 12.1. The number of allylic oxidation sites excluding steroid dienone is 14. The number of esters is 1. The first kappa shape index (κ1) is 31.7. The number of hydrogen-bond acceptors (Lipinski definition) is 3. The lowest BCUT2D eigenvalue weighted by Gasteiger charge is -2.26. The molecule has 1 atom stereocenters. The standard InChI is InChI=1S/C33H39F3O3/c1-2-3-4-5-6-7-8-9-10-11-12-13-14-15-16-17-18-19-20-21-22-23-24-31-38-30-27-28(33(34,35)36)25-26-29(30)32(37)39-31/h3-4,6-7,9-10,12-13,15-16,18-19,21-22,25-27,31H,2,5,8,11,14,17,20,23-24H2,1H3/b4-3-,7-6-,10-9-,13-12-,16-15-,19-18-,22-21-. The molecule has 0 aliphatic carbocycles. The molecular weight excluding hydrogens is 501 g/mol. The summed E-state index contributed by atoms with van der Waals surface area (Å²) in [5, 5.41) is 0. The lowest BCUT2D eigenvalue weighted by molar-refractivity contribution is -0.138. The molecule has 2 rings (SSSR count). The Labute approximate surface area is 230 Å². The Bertz CT molecular complexity index is 1070. The maximum Gasteiger partial charge on any atom is 0.416 e. The van der Waals surface area contributed by atoms with Gasteiger partial charge in [-0.15, -0.1) is 0 Å². The van der Waals surface area contributed by atoms with E-state index >= 15 is 0 Å². The highest BCUT2D eigenvalue weighted by atomic mass is 19.4. The Morgan fingerprint density at radius 2 is 1.15 bits per heavy atom. The molecule has 0 spiro atoms. The van der Waals surface area contributed by atoms with Gasteiger partial charge in [0, 0.05) is 6.42 Å². The Morgan fingerprint density at radius 3 is 1.62 bits per heavy atom. The van der Waals surface area contributed by atoms with E-state index in [1.807, 2.05) is 12.2 Å².